The molecule has 0 bridgehead atoms. The average Bonchev–Trinajstić information content (AvgIpc) is 2.68. The molecule has 2 aliphatic rings. The van der Waals surface area contributed by atoms with Crippen LogP contribution in [0.2, 0.25) is 5.02 Å². The fourth-order valence-electron chi connectivity index (χ4n) is 4.65. The second-order valence-corrected chi connectivity index (χ2v) is 11.4. The van der Waals surface area contributed by atoms with Crippen molar-refractivity contribution in [2.45, 2.75) is 50.0 Å². The Morgan fingerprint density at radius 3 is 2.66 bits per heavy atom. The van der Waals surface area contributed by atoms with Crippen LogP contribution in [-0.4, -0.2) is 38.7 Å². The number of hydrogen-bond donors (Lipinski definition) is 2. The number of halogens is 2. The van der Waals surface area contributed by atoms with Gasteiger partial charge in [0, 0.05) is 36.0 Å². The minimum Gasteiger partial charge on any atom is -0.474 e. The summed E-state index contributed by atoms with van der Waals surface area (Å²) < 4.78 is 31.9. The van der Waals surface area contributed by atoms with E-state index >= 15 is 0 Å². The van der Waals surface area contributed by atoms with E-state index in [4.69, 9.17) is 22.1 Å². The third-order valence-corrected chi connectivity index (χ3v) is 8.82. The molecule has 3 N–H and O–H groups in total. The molecule has 0 amide bonds. The lowest BCUT2D eigenvalue weighted by Gasteiger charge is -2.35. The zero-order valence-corrected chi connectivity index (χ0v) is 20.7. The van der Waals surface area contributed by atoms with Gasteiger partial charge in [0.15, 0.2) is 9.84 Å². The number of nitrogens with two attached hydrogens (primary N) is 1. The first-order valence-electron chi connectivity index (χ1n) is 11.1. The monoisotopic (exact) mass is 498 g/mol. The van der Waals surface area contributed by atoms with E-state index in [-0.39, 0.29) is 36.0 Å². The fraction of sp³-hybridized carbons (Fsp3) is 0.500. The second-order valence-electron chi connectivity index (χ2n) is 8.78. The molecule has 1 aliphatic heterocycles. The van der Waals surface area contributed by atoms with Crippen LogP contribution in [0.1, 0.15) is 42.4 Å². The minimum atomic E-state index is -3.33. The third kappa shape index (κ3) is 5.60. The number of ether oxygens (including phenoxy) is 1. The topological polar surface area (TPSA) is 81.4 Å². The largest absolute Gasteiger partial charge is 0.474 e. The van der Waals surface area contributed by atoms with Gasteiger partial charge < -0.3 is 15.8 Å². The van der Waals surface area contributed by atoms with Crippen molar-refractivity contribution in [3.63, 3.8) is 0 Å². The predicted molar refractivity (Wildman–Crippen MR) is 133 cm³/mol. The lowest BCUT2D eigenvalue weighted by Crippen LogP contribution is -2.53. The Labute approximate surface area is 202 Å². The summed E-state index contributed by atoms with van der Waals surface area (Å²) in [5.74, 6) is 0.876. The summed E-state index contributed by atoms with van der Waals surface area (Å²) >= 11 is 6.19. The summed E-state index contributed by atoms with van der Waals surface area (Å²) in [4.78, 5) is 0. The summed E-state index contributed by atoms with van der Waals surface area (Å²) in [7, 11) is -3.33. The highest BCUT2D eigenvalue weighted by atomic mass is 35.5. The summed E-state index contributed by atoms with van der Waals surface area (Å²) in [6.45, 7) is 3.22. The number of sulfone groups is 1. The van der Waals surface area contributed by atoms with E-state index in [1.807, 2.05) is 37.3 Å². The number of hydrogen-bond acceptors (Lipinski definition) is 5. The molecule has 1 aliphatic carbocycles. The highest BCUT2D eigenvalue weighted by molar-refractivity contribution is 7.91. The van der Waals surface area contributed by atoms with E-state index in [0.29, 0.717) is 25.3 Å². The van der Waals surface area contributed by atoms with Crippen LogP contribution in [0.3, 0.4) is 0 Å². The first kappa shape index (κ1) is 25.3. The lowest BCUT2D eigenvalue weighted by molar-refractivity contribution is 0.160. The molecule has 3 atom stereocenters. The van der Waals surface area contributed by atoms with Crippen LogP contribution in [0.25, 0.3) is 0 Å². The van der Waals surface area contributed by atoms with Crippen LogP contribution in [0, 0.1) is 5.92 Å². The van der Waals surface area contributed by atoms with E-state index in [1.165, 1.54) is 5.56 Å². The third-order valence-electron chi connectivity index (χ3n) is 6.42. The quantitative estimate of drug-likeness (QED) is 0.572. The molecular formula is C24H32Cl2N2O3S. The van der Waals surface area contributed by atoms with Gasteiger partial charge in [0.25, 0.3) is 0 Å². The van der Waals surface area contributed by atoms with Gasteiger partial charge in [-0.15, -0.1) is 12.4 Å². The maximum absolute atomic E-state index is 12.9. The van der Waals surface area contributed by atoms with Gasteiger partial charge in [-0.3, -0.25) is 0 Å². The normalized spacial score (nSPS) is 21.7. The van der Waals surface area contributed by atoms with Gasteiger partial charge in [-0.25, -0.2) is 8.42 Å². The first-order valence-corrected chi connectivity index (χ1v) is 13.2. The van der Waals surface area contributed by atoms with E-state index < -0.39 is 15.3 Å². The Bertz CT molecular complexity index is 1030. The van der Waals surface area contributed by atoms with Crippen molar-refractivity contribution in [3.05, 3.63) is 64.2 Å². The van der Waals surface area contributed by atoms with E-state index in [9.17, 15) is 8.42 Å². The average molecular weight is 500 g/mol. The first-order chi connectivity index (χ1) is 14.9. The SMILES string of the molecule is CCCS(=O)(=O)C(Oc1ccc2c(c1)C(Cc1cccc(Cl)c1)C(N)CC2)C1CNC1.Cl. The van der Waals surface area contributed by atoms with Crippen molar-refractivity contribution in [2.75, 3.05) is 18.8 Å². The highest BCUT2D eigenvalue weighted by Crippen LogP contribution is 2.37. The second kappa shape index (κ2) is 10.7. The van der Waals surface area contributed by atoms with E-state index in [0.717, 1.165) is 35.4 Å². The van der Waals surface area contributed by atoms with Crippen molar-refractivity contribution < 1.29 is 13.2 Å². The molecule has 32 heavy (non-hydrogen) atoms. The molecule has 4 rings (SSSR count). The van der Waals surface area contributed by atoms with Crippen LogP contribution in [-0.2, 0) is 22.7 Å². The number of nitrogens with one attached hydrogen (secondary N) is 1. The Kier molecular flexibility index (Phi) is 8.50. The Morgan fingerprint density at radius 2 is 2.00 bits per heavy atom. The molecule has 1 heterocycles. The van der Waals surface area contributed by atoms with Crippen molar-refractivity contribution >= 4 is 33.8 Å². The number of benzene rings is 2. The Balaban J connectivity index is 0.00000289. The molecule has 8 heteroatoms. The van der Waals surface area contributed by atoms with Gasteiger partial charge >= 0.3 is 0 Å². The molecular weight excluding hydrogens is 467 g/mol. The number of fused-ring (bicyclic) bond motifs is 1. The van der Waals surface area contributed by atoms with Crippen LogP contribution < -0.4 is 15.8 Å². The molecule has 5 nitrogen and oxygen atoms in total. The lowest BCUT2D eigenvalue weighted by atomic mass is 9.76. The minimum absolute atomic E-state index is 0. The molecule has 0 spiro atoms. The molecule has 0 radical (unpaired) electrons. The van der Waals surface area contributed by atoms with Crippen LogP contribution >= 0.6 is 24.0 Å². The van der Waals surface area contributed by atoms with Crippen LogP contribution in [0.15, 0.2) is 42.5 Å². The molecule has 3 unspecified atom stereocenters. The molecule has 176 valence electrons. The molecule has 1 saturated heterocycles. The zero-order chi connectivity index (χ0) is 22.0. The van der Waals surface area contributed by atoms with Gasteiger partial charge in [0.05, 0.1) is 5.75 Å². The summed E-state index contributed by atoms with van der Waals surface area (Å²) in [5.41, 5.74) is 9.31. The maximum Gasteiger partial charge on any atom is 0.204 e. The Hall–Kier alpha value is -1.31. The molecule has 0 saturated carbocycles. The van der Waals surface area contributed by atoms with Crippen LogP contribution in [0.5, 0.6) is 5.75 Å². The smallest absolute Gasteiger partial charge is 0.204 e. The summed E-state index contributed by atoms with van der Waals surface area (Å²) in [6, 6.07) is 13.9. The number of aryl methyl sites for hydroxylation is 1. The summed E-state index contributed by atoms with van der Waals surface area (Å²) in [5, 5.41) is 3.88. The maximum atomic E-state index is 12.9. The van der Waals surface area contributed by atoms with Gasteiger partial charge in [-0.05, 0) is 66.6 Å². The molecule has 2 aromatic carbocycles. The van der Waals surface area contributed by atoms with Gasteiger partial charge in [0.1, 0.15) is 5.75 Å². The number of rotatable bonds is 8. The molecule has 1 fully saturated rings. The van der Waals surface area contributed by atoms with Crippen molar-refractivity contribution in [2.24, 2.45) is 11.7 Å². The fourth-order valence-corrected chi connectivity index (χ4v) is 6.70. The van der Waals surface area contributed by atoms with E-state index in [2.05, 4.69) is 17.4 Å². The van der Waals surface area contributed by atoms with Crippen molar-refractivity contribution in [3.8, 4) is 5.75 Å². The van der Waals surface area contributed by atoms with Gasteiger partial charge in [-0.2, -0.15) is 0 Å². The molecule has 0 aromatic heterocycles. The standard InChI is InChI=1S/C24H31ClN2O3S.ClH/c1-2-10-31(28,29)24(18-14-27-15-18)30-20-8-6-17-7-9-23(26)22(21(17)13-20)12-16-4-3-5-19(25)11-16;/h3-6,8,11,13,18,22-24,27H,2,7,9-10,12,14-15,26H2,1H3;1H. The van der Waals surface area contributed by atoms with Crippen LogP contribution in [0.4, 0.5) is 0 Å². The summed E-state index contributed by atoms with van der Waals surface area (Å²) in [6.07, 6.45) is 3.23. The Morgan fingerprint density at radius 1 is 1.22 bits per heavy atom. The van der Waals surface area contributed by atoms with Crippen molar-refractivity contribution in [1.29, 1.82) is 0 Å². The zero-order valence-electron chi connectivity index (χ0n) is 18.3. The van der Waals surface area contributed by atoms with Gasteiger partial charge in [-0.1, -0.05) is 36.7 Å². The predicted octanol–water partition coefficient (Wildman–Crippen LogP) is 4.11. The van der Waals surface area contributed by atoms with E-state index in [1.54, 1.807) is 0 Å². The van der Waals surface area contributed by atoms with Gasteiger partial charge in [0.2, 0.25) is 5.44 Å². The van der Waals surface area contributed by atoms with Crippen molar-refractivity contribution in [1.82, 2.24) is 5.32 Å². The highest BCUT2D eigenvalue weighted by Gasteiger charge is 2.38. The molecule has 2 aromatic rings.